The lowest BCUT2D eigenvalue weighted by molar-refractivity contribution is -0.122. The van der Waals surface area contributed by atoms with Crippen LogP contribution in [0.15, 0.2) is 16.7 Å². The number of hydrazine groups is 1. The van der Waals surface area contributed by atoms with E-state index >= 15 is 0 Å². The van der Waals surface area contributed by atoms with Crippen molar-refractivity contribution in [3.63, 3.8) is 0 Å². The third-order valence-electron chi connectivity index (χ3n) is 2.65. The number of furan rings is 1. The van der Waals surface area contributed by atoms with E-state index in [4.69, 9.17) is 10.3 Å². The predicted octanol–water partition coefficient (Wildman–Crippen LogP) is 0.0871. The average molecular weight is 282 g/mol. The molecule has 0 aliphatic heterocycles. The highest BCUT2D eigenvalue weighted by Gasteiger charge is 2.16. The first-order valence-electron chi connectivity index (χ1n) is 6.46. The number of hydrogen-bond donors (Lipinski definition) is 3. The fourth-order valence-electron chi connectivity index (χ4n) is 1.69. The van der Waals surface area contributed by atoms with Gasteiger partial charge in [0, 0.05) is 18.7 Å². The van der Waals surface area contributed by atoms with Gasteiger partial charge in [-0.3, -0.25) is 19.9 Å². The highest BCUT2D eigenvalue weighted by Crippen LogP contribution is 2.12. The van der Waals surface area contributed by atoms with Gasteiger partial charge in [-0.15, -0.1) is 0 Å². The third kappa shape index (κ3) is 5.02. The molecule has 0 saturated carbocycles. The van der Waals surface area contributed by atoms with Crippen LogP contribution in [0, 0.1) is 5.92 Å². The van der Waals surface area contributed by atoms with Gasteiger partial charge in [0.1, 0.15) is 0 Å². The van der Waals surface area contributed by atoms with Gasteiger partial charge in [-0.25, -0.2) is 5.84 Å². The Hall–Kier alpha value is -1.86. The van der Waals surface area contributed by atoms with Crippen molar-refractivity contribution in [1.29, 1.82) is 0 Å². The van der Waals surface area contributed by atoms with Crippen molar-refractivity contribution in [2.45, 2.75) is 20.4 Å². The Morgan fingerprint density at radius 1 is 1.45 bits per heavy atom. The standard InChI is InChI=1S/C13H22N4O3/c1-9(2)6-15-11(18)8-17(3)7-10-4-5-20-12(10)13(19)16-14/h4-5,9H,6-8,14H2,1-3H3,(H,15,18)(H,16,19). The molecule has 1 heterocycles. The molecule has 7 heteroatoms. The second-order valence-electron chi connectivity index (χ2n) is 5.12. The molecular weight excluding hydrogens is 260 g/mol. The van der Waals surface area contributed by atoms with Gasteiger partial charge in [-0.05, 0) is 19.0 Å². The molecular formula is C13H22N4O3. The fraction of sp³-hybridized carbons (Fsp3) is 0.538. The highest BCUT2D eigenvalue weighted by molar-refractivity contribution is 5.92. The number of amides is 2. The topological polar surface area (TPSA) is 101 Å². The Morgan fingerprint density at radius 2 is 2.15 bits per heavy atom. The molecule has 0 saturated heterocycles. The SMILES string of the molecule is CC(C)CNC(=O)CN(C)Cc1ccoc1C(=O)NN. The first-order valence-corrected chi connectivity index (χ1v) is 6.46. The maximum absolute atomic E-state index is 11.7. The zero-order chi connectivity index (χ0) is 15.1. The molecule has 0 bridgehead atoms. The molecule has 0 unspecified atom stereocenters. The van der Waals surface area contributed by atoms with E-state index in [-0.39, 0.29) is 18.2 Å². The second-order valence-corrected chi connectivity index (χ2v) is 5.12. The Bertz CT molecular complexity index is 456. The number of rotatable bonds is 7. The maximum atomic E-state index is 11.7. The van der Waals surface area contributed by atoms with Crippen LogP contribution in [0.4, 0.5) is 0 Å². The zero-order valence-corrected chi connectivity index (χ0v) is 12.1. The van der Waals surface area contributed by atoms with E-state index in [1.807, 2.05) is 19.3 Å². The number of nitrogens with two attached hydrogens (primary N) is 1. The monoisotopic (exact) mass is 282 g/mol. The smallest absolute Gasteiger partial charge is 0.301 e. The molecule has 1 aromatic heterocycles. The van der Waals surface area contributed by atoms with Crippen molar-refractivity contribution in [3.8, 4) is 0 Å². The molecule has 2 amide bonds. The summed E-state index contributed by atoms with van der Waals surface area (Å²) in [6.07, 6.45) is 1.42. The van der Waals surface area contributed by atoms with E-state index in [2.05, 4.69) is 5.32 Å². The minimum absolute atomic E-state index is 0.0467. The number of likely N-dealkylation sites (N-methyl/N-ethyl adjacent to an activating group) is 1. The Morgan fingerprint density at radius 3 is 2.75 bits per heavy atom. The Kier molecular flexibility index (Phi) is 6.20. The first-order chi connectivity index (χ1) is 9.43. The largest absolute Gasteiger partial charge is 0.459 e. The Balaban J connectivity index is 2.50. The second kappa shape index (κ2) is 7.66. The molecule has 0 radical (unpaired) electrons. The first kappa shape index (κ1) is 16.2. The van der Waals surface area contributed by atoms with Crippen molar-refractivity contribution in [1.82, 2.24) is 15.6 Å². The van der Waals surface area contributed by atoms with Crippen LogP contribution in [0.5, 0.6) is 0 Å². The highest BCUT2D eigenvalue weighted by atomic mass is 16.3. The number of nitrogens with zero attached hydrogens (tertiary/aromatic N) is 1. The summed E-state index contributed by atoms with van der Waals surface area (Å²) >= 11 is 0. The third-order valence-corrected chi connectivity index (χ3v) is 2.65. The predicted molar refractivity (Wildman–Crippen MR) is 74.5 cm³/mol. The van der Waals surface area contributed by atoms with E-state index in [0.717, 1.165) is 0 Å². The molecule has 0 aliphatic rings. The van der Waals surface area contributed by atoms with Gasteiger partial charge in [0.25, 0.3) is 0 Å². The van der Waals surface area contributed by atoms with Gasteiger partial charge in [0.15, 0.2) is 5.76 Å². The molecule has 0 aromatic carbocycles. The Labute approximate surface area is 118 Å². The van der Waals surface area contributed by atoms with Crippen LogP contribution in [-0.4, -0.2) is 36.9 Å². The van der Waals surface area contributed by atoms with Crippen LogP contribution < -0.4 is 16.6 Å². The van der Waals surface area contributed by atoms with Gasteiger partial charge in [0.05, 0.1) is 12.8 Å². The van der Waals surface area contributed by atoms with E-state index in [1.54, 1.807) is 18.0 Å². The lowest BCUT2D eigenvalue weighted by atomic mass is 10.2. The average Bonchev–Trinajstić information content (AvgIpc) is 2.83. The van der Waals surface area contributed by atoms with E-state index in [1.165, 1.54) is 6.26 Å². The molecule has 4 N–H and O–H groups in total. The van der Waals surface area contributed by atoms with Gasteiger partial charge in [-0.1, -0.05) is 13.8 Å². The summed E-state index contributed by atoms with van der Waals surface area (Å²) in [4.78, 5) is 24.9. The summed E-state index contributed by atoms with van der Waals surface area (Å²) in [6, 6.07) is 1.69. The molecule has 112 valence electrons. The van der Waals surface area contributed by atoms with Crippen LogP contribution in [0.25, 0.3) is 0 Å². The summed E-state index contributed by atoms with van der Waals surface area (Å²) in [6.45, 7) is 5.40. The summed E-state index contributed by atoms with van der Waals surface area (Å²) in [5.41, 5.74) is 2.71. The fourth-order valence-corrected chi connectivity index (χ4v) is 1.69. The van der Waals surface area contributed by atoms with Gasteiger partial charge >= 0.3 is 5.91 Å². The normalized spacial score (nSPS) is 10.9. The number of hydrogen-bond acceptors (Lipinski definition) is 5. The molecule has 0 atom stereocenters. The van der Waals surface area contributed by atoms with Crippen molar-refractivity contribution in [2.75, 3.05) is 20.1 Å². The molecule has 0 spiro atoms. The molecule has 1 aromatic rings. The van der Waals surface area contributed by atoms with E-state index < -0.39 is 5.91 Å². The molecule has 1 rings (SSSR count). The number of carbonyl (C=O) groups excluding carboxylic acids is 2. The lowest BCUT2D eigenvalue weighted by Gasteiger charge is -2.16. The van der Waals surface area contributed by atoms with Gasteiger partial charge < -0.3 is 9.73 Å². The zero-order valence-electron chi connectivity index (χ0n) is 12.1. The molecule has 20 heavy (non-hydrogen) atoms. The number of carbonyl (C=O) groups is 2. The van der Waals surface area contributed by atoms with Gasteiger partial charge in [0.2, 0.25) is 5.91 Å². The lowest BCUT2D eigenvalue weighted by Crippen LogP contribution is -2.37. The number of nitrogens with one attached hydrogen (secondary N) is 2. The molecule has 0 fully saturated rings. The van der Waals surface area contributed by atoms with Crippen LogP contribution in [0.2, 0.25) is 0 Å². The minimum Gasteiger partial charge on any atom is -0.459 e. The quantitative estimate of drug-likeness (QED) is 0.374. The maximum Gasteiger partial charge on any atom is 0.301 e. The molecule has 7 nitrogen and oxygen atoms in total. The van der Waals surface area contributed by atoms with Crippen molar-refractivity contribution in [3.05, 3.63) is 23.7 Å². The number of nitrogen functional groups attached to an aromatic ring is 1. The van der Waals surface area contributed by atoms with Crippen LogP contribution in [-0.2, 0) is 11.3 Å². The molecule has 0 aliphatic carbocycles. The van der Waals surface area contributed by atoms with Crippen molar-refractivity contribution in [2.24, 2.45) is 11.8 Å². The summed E-state index contributed by atoms with van der Waals surface area (Å²) < 4.78 is 5.08. The van der Waals surface area contributed by atoms with Crippen LogP contribution in [0.1, 0.15) is 30.0 Å². The van der Waals surface area contributed by atoms with Crippen LogP contribution >= 0.6 is 0 Å². The van der Waals surface area contributed by atoms with Crippen molar-refractivity contribution >= 4 is 11.8 Å². The minimum atomic E-state index is -0.484. The van der Waals surface area contributed by atoms with Crippen LogP contribution in [0.3, 0.4) is 0 Å². The van der Waals surface area contributed by atoms with E-state index in [9.17, 15) is 9.59 Å². The van der Waals surface area contributed by atoms with Crippen molar-refractivity contribution < 1.29 is 14.0 Å². The van der Waals surface area contributed by atoms with Gasteiger partial charge in [-0.2, -0.15) is 0 Å². The van der Waals surface area contributed by atoms with E-state index in [0.29, 0.717) is 24.6 Å². The summed E-state index contributed by atoms with van der Waals surface area (Å²) in [5, 5.41) is 2.84. The summed E-state index contributed by atoms with van der Waals surface area (Å²) in [7, 11) is 1.80. The summed E-state index contributed by atoms with van der Waals surface area (Å²) in [5.74, 6) is 5.13.